The Morgan fingerprint density at radius 1 is 0.746 bits per heavy atom. The van der Waals surface area contributed by atoms with Crippen molar-refractivity contribution < 1.29 is 33.4 Å². The van der Waals surface area contributed by atoms with Crippen molar-refractivity contribution >= 4 is 24.0 Å². The number of benzene rings is 2. The summed E-state index contributed by atoms with van der Waals surface area (Å²) in [7, 11) is 4.24. The van der Waals surface area contributed by atoms with Crippen LogP contribution in [-0.4, -0.2) is 106 Å². The first kappa shape index (κ1) is 42.9. The molecule has 6 rings (SSSR count). The molecule has 2 fully saturated rings. The fourth-order valence-corrected chi connectivity index (χ4v) is 8.30. The van der Waals surface area contributed by atoms with Crippen LogP contribution in [0.1, 0.15) is 84.0 Å². The molecule has 0 aliphatic carbocycles. The molecule has 2 aromatic heterocycles. The van der Waals surface area contributed by atoms with Crippen LogP contribution in [0.3, 0.4) is 0 Å². The van der Waals surface area contributed by atoms with Gasteiger partial charge in [-0.05, 0) is 60.3 Å². The van der Waals surface area contributed by atoms with Gasteiger partial charge in [0.2, 0.25) is 11.8 Å². The monoisotopic (exact) mass is 810 g/mol. The van der Waals surface area contributed by atoms with E-state index >= 15 is 0 Å². The van der Waals surface area contributed by atoms with Crippen molar-refractivity contribution in [1.82, 2.24) is 40.4 Å². The highest BCUT2D eigenvalue weighted by Gasteiger charge is 2.43. The molecule has 15 heteroatoms. The van der Waals surface area contributed by atoms with Crippen LogP contribution in [0.5, 0.6) is 0 Å². The number of nitrogens with one attached hydrogen (secondary N) is 4. The van der Waals surface area contributed by atoms with E-state index in [0.717, 1.165) is 46.5 Å². The summed E-state index contributed by atoms with van der Waals surface area (Å²) in [6.45, 7) is 10.8. The number of amides is 4. The molecule has 4 N–H and O–H groups in total. The molecular formula is C44H58N8O7. The fraction of sp³-hybridized carbons (Fsp3) is 0.500. The first-order valence-corrected chi connectivity index (χ1v) is 20.5. The van der Waals surface area contributed by atoms with Crippen molar-refractivity contribution in [2.75, 3.05) is 34.5 Å². The van der Waals surface area contributed by atoms with E-state index in [4.69, 9.17) is 24.2 Å². The molecule has 4 aromatic rings. The molecule has 1 unspecified atom stereocenters. The maximum atomic E-state index is 14.0. The maximum absolute atomic E-state index is 14.0. The number of rotatable bonds is 14. The van der Waals surface area contributed by atoms with E-state index in [9.17, 15) is 19.2 Å². The maximum Gasteiger partial charge on any atom is 0.407 e. The second-order valence-electron chi connectivity index (χ2n) is 16.1. The third-order valence-corrected chi connectivity index (χ3v) is 11.9. The highest BCUT2D eigenvalue weighted by molar-refractivity contribution is 5.87. The first-order chi connectivity index (χ1) is 28.4. The van der Waals surface area contributed by atoms with Crippen LogP contribution < -0.4 is 10.6 Å². The summed E-state index contributed by atoms with van der Waals surface area (Å²) in [5, 5.41) is 5.47. The van der Waals surface area contributed by atoms with Gasteiger partial charge in [0.15, 0.2) is 0 Å². The quantitative estimate of drug-likeness (QED) is 0.106. The van der Waals surface area contributed by atoms with Crippen LogP contribution in [-0.2, 0) is 23.8 Å². The number of aromatic nitrogens is 4. The van der Waals surface area contributed by atoms with Gasteiger partial charge in [-0.15, -0.1) is 0 Å². The van der Waals surface area contributed by atoms with Crippen molar-refractivity contribution in [3.05, 3.63) is 72.6 Å². The number of nitrogens with zero attached hydrogens (tertiary/aromatic N) is 4. The van der Waals surface area contributed by atoms with Gasteiger partial charge < -0.3 is 44.6 Å². The average Bonchev–Trinajstić information content (AvgIpc) is 4.08. The zero-order chi connectivity index (χ0) is 42.4. The number of imidazole rings is 2. The molecule has 4 heterocycles. The highest BCUT2D eigenvalue weighted by Crippen LogP contribution is 2.38. The average molecular weight is 811 g/mol. The standard InChI is InChI=1S/C44H58N8O7/c1-9-26(4)38(50-44(56)59-8)41(53)51-23-28(24-57-6)20-36(51)40-46-22-34(48-40)32-17-13-30(14-18-32)29-11-15-31(16-12-29)33-21-45-39(47-33)35-19-10-27(5)52(35)42(54)37(25(2)3)49-43(55)58-7/h11-18,21-22,25-28,35-38H,9-10,19-20,23-24H2,1-8H3,(H,45,47)(H,46,48)(H,49,55)(H,50,56)/t26-,27-,28-,35-,36-,37-,38?/m0/s1. The van der Waals surface area contributed by atoms with Gasteiger partial charge in [0.25, 0.3) is 0 Å². The van der Waals surface area contributed by atoms with Crippen molar-refractivity contribution in [3.8, 4) is 33.6 Å². The van der Waals surface area contributed by atoms with Crippen LogP contribution in [0.15, 0.2) is 60.9 Å². The van der Waals surface area contributed by atoms with E-state index in [1.807, 2.05) is 56.6 Å². The van der Waals surface area contributed by atoms with Crippen molar-refractivity contribution in [2.45, 2.75) is 90.5 Å². The molecular weight excluding hydrogens is 753 g/mol. The minimum absolute atomic E-state index is 0.00414. The molecule has 0 bridgehead atoms. The number of hydrogen-bond acceptors (Lipinski definition) is 9. The van der Waals surface area contributed by atoms with E-state index in [1.54, 1.807) is 19.5 Å². The normalized spacial score (nSPS) is 20.6. The lowest BCUT2D eigenvalue weighted by Crippen LogP contribution is -2.52. The molecule has 4 amide bonds. The molecule has 2 aromatic carbocycles. The van der Waals surface area contributed by atoms with Gasteiger partial charge in [0.05, 0.1) is 56.7 Å². The van der Waals surface area contributed by atoms with Crippen molar-refractivity contribution in [3.63, 3.8) is 0 Å². The number of carbonyl (C=O) groups is 4. The van der Waals surface area contributed by atoms with Gasteiger partial charge in [-0.1, -0.05) is 82.6 Å². The molecule has 2 saturated heterocycles. The van der Waals surface area contributed by atoms with Gasteiger partial charge in [-0.2, -0.15) is 0 Å². The van der Waals surface area contributed by atoms with Crippen molar-refractivity contribution in [2.24, 2.45) is 17.8 Å². The van der Waals surface area contributed by atoms with Crippen LogP contribution in [0, 0.1) is 17.8 Å². The van der Waals surface area contributed by atoms with Crippen LogP contribution in [0.2, 0.25) is 0 Å². The predicted octanol–water partition coefficient (Wildman–Crippen LogP) is 6.87. The Morgan fingerprint density at radius 2 is 1.25 bits per heavy atom. The number of H-pyrrole nitrogens is 2. The zero-order valence-electron chi connectivity index (χ0n) is 35.3. The first-order valence-electron chi connectivity index (χ1n) is 20.5. The number of alkyl carbamates (subject to hydrolysis) is 2. The van der Waals surface area contributed by atoms with Gasteiger partial charge >= 0.3 is 12.2 Å². The molecule has 0 radical (unpaired) electrons. The van der Waals surface area contributed by atoms with E-state index in [2.05, 4.69) is 57.0 Å². The smallest absolute Gasteiger partial charge is 0.407 e. The summed E-state index contributed by atoms with van der Waals surface area (Å²) in [5.41, 5.74) is 5.70. The fourth-order valence-electron chi connectivity index (χ4n) is 8.30. The van der Waals surface area contributed by atoms with Gasteiger partial charge in [0.1, 0.15) is 23.7 Å². The molecule has 7 atom stereocenters. The summed E-state index contributed by atoms with van der Waals surface area (Å²) in [4.78, 5) is 72.1. The zero-order valence-corrected chi connectivity index (χ0v) is 35.3. The summed E-state index contributed by atoms with van der Waals surface area (Å²) in [5.74, 6) is 0.998. The van der Waals surface area contributed by atoms with E-state index in [0.29, 0.717) is 37.6 Å². The molecule has 2 aliphatic rings. The van der Waals surface area contributed by atoms with E-state index in [1.165, 1.54) is 14.2 Å². The number of methoxy groups -OCH3 is 3. The SMILES string of the molecule is CC[C@H](C)C(NC(=O)OC)C(=O)N1C[C@@H](COC)C[C@H]1c1ncc(-c2ccc(-c3ccc(-c4cnc([C@@H]5CC[C@H](C)N5C(=O)[C@@H](NC(=O)OC)C(C)C)[nH]4)cc3)cc2)[nH]1. The van der Waals surface area contributed by atoms with Crippen LogP contribution in [0.25, 0.3) is 33.6 Å². The number of carbonyl (C=O) groups excluding carboxylic acids is 4. The lowest BCUT2D eigenvalue weighted by molar-refractivity contribution is -0.137. The summed E-state index contributed by atoms with van der Waals surface area (Å²) in [6.07, 6.45) is 5.32. The lowest BCUT2D eigenvalue weighted by Gasteiger charge is -2.32. The topological polar surface area (TPSA) is 184 Å². The number of aromatic amines is 2. The Bertz CT molecular complexity index is 2060. The number of hydrogen-bond donors (Lipinski definition) is 4. The Morgan fingerprint density at radius 3 is 1.75 bits per heavy atom. The summed E-state index contributed by atoms with van der Waals surface area (Å²) >= 11 is 0. The minimum Gasteiger partial charge on any atom is -0.453 e. The van der Waals surface area contributed by atoms with E-state index in [-0.39, 0.29) is 47.7 Å². The predicted molar refractivity (Wildman–Crippen MR) is 223 cm³/mol. The Balaban J connectivity index is 1.14. The van der Waals surface area contributed by atoms with Gasteiger partial charge in [-0.25, -0.2) is 19.6 Å². The highest BCUT2D eigenvalue weighted by atomic mass is 16.5. The second-order valence-corrected chi connectivity index (χ2v) is 16.1. The molecule has 0 saturated carbocycles. The van der Waals surface area contributed by atoms with Gasteiger partial charge in [0, 0.05) is 25.6 Å². The third kappa shape index (κ3) is 9.46. The third-order valence-electron chi connectivity index (χ3n) is 11.9. The van der Waals surface area contributed by atoms with Gasteiger partial charge in [-0.3, -0.25) is 9.59 Å². The number of likely N-dealkylation sites (tertiary alicyclic amines) is 2. The van der Waals surface area contributed by atoms with Crippen molar-refractivity contribution in [1.29, 1.82) is 0 Å². The Hall–Kier alpha value is -5.70. The van der Waals surface area contributed by atoms with Crippen LogP contribution in [0.4, 0.5) is 9.59 Å². The largest absolute Gasteiger partial charge is 0.453 e. The Kier molecular flexibility index (Phi) is 13.8. The molecule has 316 valence electrons. The molecule has 59 heavy (non-hydrogen) atoms. The molecule has 2 aliphatic heterocycles. The molecule has 15 nitrogen and oxygen atoms in total. The Labute approximate surface area is 346 Å². The molecule has 0 spiro atoms. The summed E-state index contributed by atoms with van der Waals surface area (Å²) in [6, 6.07) is 14.5. The minimum atomic E-state index is -0.727. The van der Waals surface area contributed by atoms with E-state index < -0.39 is 24.3 Å². The second kappa shape index (κ2) is 18.9. The number of ether oxygens (including phenoxy) is 3. The summed E-state index contributed by atoms with van der Waals surface area (Å²) < 4.78 is 15.1. The van der Waals surface area contributed by atoms with Crippen LogP contribution >= 0.6 is 0 Å². The lowest BCUT2D eigenvalue weighted by atomic mass is 9.97.